The summed E-state index contributed by atoms with van der Waals surface area (Å²) in [6.07, 6.45) is 5.80. The van der Waals surface area contributed by atoms with Gasteiger partial charge in [-0.05, 0) is 18.3 Å². The number of allylic oxidation sites excluding steroid dienone is 2. The highest BCUT2D eigenvalue weighted by molar-refractivity contribution is 5.85. The van der Waals surface area contributed by atoms with Crippen molar-refractivity contribution in [2.45, 2.75) is 46.5 Å². The second kappa shape index (κ2) is 3.42. The standard InChI is InChI=1S/C11H18O/c1-4-11(3,5-2)9-6-7-10(12)8-9/h6H,4-5,7-8H2,1-3H3. The molecule has 0 saturated carbocycles. The summed E-state index contributed by atoms with van der Waals surface area (Å²) in [6.45, 7) is 6.66. The Morgan fingerprint density at radius 2 is 2.00 bits per heavy atom. The van der Waals surface area contributed by atoms with Crippen LogP contribution in [0.3, 0.4) is 0 Å². The molecule has 0 atom stereocenters. The molecule has 1 aliphatic carbocycles. The summed E-state index contributed by atoms with van der Waals surface area (Å²) < 4.78 is 0. The van der Waals surface area contributed by atoms with Gasteiger partial charge in [0.1, 0.15) is 5.78 Å². The molecule has 0 unspecified atom stereocenters. The molecule has 0 bridgehead atoms. The van der Waals surface area contributed by atoms with Gasteiger partial charge in [-0.1, -0.05) is 32.4 Å². The number of Topliss-reactive ketones (excluding diaryl/α,β-unsaturated/α-hetero) is 1. The summed E-state index contributed by atoms with van der Waals surface area (Å²) in [7, 11) is 0. The summed E-state index contributed by atoms with van der Waals surface area (Å²) in [4.78, 5) is 11.1. The molecule has 0 aromatic carbocycles. The summed E-state index contributed by atoms with van der Waals surface area (Å²) >= 11 is 0. The van der Waals surface area contributed by atoms with Crippen molar-refractivity contribution in [2.24, 2.45) is 5.41 Å². The molecular formula is C11H18O. The molecule has 0 amide bonds. The zero-order valence-corrected chi connectivity index (χ0v) is 8.31. The van der Waals surface area contributed by atoms with Crippen LogP contribution < -0.4 is 0 Å². The molecule has 0 fully saturated rings. The first-order chi connectivity index (χ1) is 5.62. The van der Waals surface area contributed by atoms with Crippen molar-refractivity contribution >= 4 is 5.78 Å². The third-order valence-electron chi connectivity index (χ3n) is 3.30. The predicted molar refractivity (Wildman–Crippen MR) is 51.0 cm³/mol. The van der Waals surface area contributed by atoms with Crippen molar-refractivity contribution in [3.05, 3.63) is 11.6 Å². The zero-order valence-electron chi connectivity index (χ0n) is 8.31. The fourth-order valence-electron chi connectivity index (χ4n) is 1.76. The quantitative estimate of drug-likeness (QED) is 0.589. The molecule has 0 spiro atoms. The fourth-order valence-corrected chi connectivity index (χ4v) is 1.76. The van der Waals surface area contributed by atoms with Gasteiger partial charge in [0, 0.05) is 12.8 Å². The average Bonchev–Trinajstić information content (AvgIpc) is 2.51. The molecule has 68 valence electrons. The molecule has 0 saturated heterocycles. The largest absolute Gasteiger partial charge is 0.299 e. The van der Waals surface area contributed by atoms with Crippen LogP contribution in [0.2, 0.25) is 0 Å². The number of rotatable bonds is 3. The molecule has 0 aromatic rings. The van der Waals surface area contributed by atoms with Crippen molar-refractivity contribution in [2.75, 3.05) is 0 Å². The maximum Gasteiger partial charge on any atom is 0.140 e. The Labute approximate surface area is 74.9 Å². The SMILES string of the molecule is CCC(C)(CC)C1=CCC(=O)C1. The van der Waals surface area contributed by atoms with Gasteiger partial charge < -0.3 is 0 Å². The van der Waals surface area contributed by atoms with Crippen LogP contribution in [0.5, 0.6) is 0 Å². The van der Waals surface area contributed by atoms with Gasteiger partial charge in [0.05, 0.1) is 0 Å². The van der Waals surface area contributed by atoms with E-state index in [0.717, 1.165) is 12.8 Å². The van der Waals surface area contributed by atoms with E-state index in [1.807, 2.05) is 0 Å². The van der Waals surface area contributed by atoms with Gasteiger partial charge in [0.2, 0.25) is 0 Å². The van der Waals surface area contributed by atoms with Crippen LogP contribution in [0.1, 0.15) is 46.5 Å². The van der Waals surface area contributed by atoms with Gasteiger partial charge >= 0.3 is 0 Å². The number of carbonyl (C=O) groups excluding carboxylic acids is 1. The minimum Gasteiger partial charge on any atom is -0.299 e. The van der Waals surface area contributed by atoms with Gasteiger partial charge in [0.25, 0.3) is 0 Å². The molecule has 0 heterocycles. The third kappa shape index (κ3) is 1.60. The Balaban J connectivity index is 2.74. The van der Waals surface area contributed by atoms with Crippen LogP contribution in [-0.4, -0.2) is 5.78 Å². The van der Waals surface area contributed by atoms with Crippen molar-refractivity contribution in [3.8, 4) is 0 Å². The van der Waals surface area contributed by atoms with Crippen LogP contribution in [0.4, 0.5) is 0 Å². The molecule has 1 aliphatic rings. The Kier molecular flexibility index (Phi) is 2.71. The van der Waals surface area contributed by atoms with Gasteiger partial charge in [-0.15, -0.1) is 0 Å². The number of carbonyl (C=O) groups is 1. The van der Waals surface area contributed by atoms with E-state index in [2.05, 4.69) is 26.8 Å². The lowest BCUT2D eigenvalue weighted by Crippen LogP contribution is -2.16. The third-order valence-corrected chi connectivity index (χ3v) is 3.30. The van der Waals surface area contributed by atoms with Crippen LogP contribution in [0.15, 0.2) is 11.6 Å². The highest BCUT2D eigenvalue weighted by Crippen LogP contribution is 2.39. The fraction of sp³-hybridized carbons (Fsp3) is 0.727. The lowest BCUT2D eigenvalue weighted by Gasteiger charge is -2.28. The second-order valence-corrected chi connectivity index (χ2v) is 3.92. The first-order valence-corrected chi connectivity index (χ1v) is 4.83. The Morgan fingerprint density at radius 1 is 1.42 bits per heavy atom. The first kappa shape index (κ1) is 9.50. The molecule has 1 rings (SSSR count). The smallest absolute Gasteiger partial charge is 0.140 e. The first-order valence-electron chi connectivity index (χ1n) is 4.83. The summed E-state index contributed by atoms with van der Waals surface area (Å²) in [5.74, 6) is 0.387. The minimum absolute atomic E-state index is 0.284. The maximum absolute atomic E-state index is 11.1. The molecule has 1 heteroatoms. The maximum atomic E-state index is 11.1. The van der Waals surface area contributed by atoms with Crippen LogP contribution in [-0.2, 0) is 4.79 Å². The van der Waals surface area contributed by atoms with E-state index >= 15 is 0 Å². The molecule has 12 heavy (non-hydrogen) atoms. The van der Waals surface area contributed by atoms with Crippen molar-refractivity contribution in [1.82, 2.24) is 0 Å². The van der Waals surface area contributed by atoms with E-state index in [1.54, 1.807) is 0 Å². The summed E-state index contributed by atoms with van der Waals surface area (Å²) in [5, 5.41) is 0. The number of ketones is 1. The lowest BCUT2D eigenvalue weighted by molar-refractivity contribution is -0.117. The summed E-state index contributed by atoms with van der Waals surface area (Å²) in [5.41, 5.74) is 1.66. The van der Waals surface area contributed by atoms with E-state index in [4.69, 9.17) is 0 Å². The van der Waals surface area contributed by atoms with Gasteiger partial charge in [-0.25, -0.2) is 0 Å². The van der Waals surface area contributed by atoms with Gasteiger partial charge in [0.15, 0.2) is 0 Å². The van der Waals surface area contributed by atoms with Gasteiger partial charge in [-0.3, -0.25) is 4.79 Å². The van der Waals surface area contributed by atoms with E-state index < -0.39 is 0 Å². The highest BCUT2D eigenvalue weighted by Gasteiger charge is 2.28. The van der Waals surface area contributed by atoms with Crippen molar-refractivity contribution in [1.29, 1.82) is 0 Å². The molecule has 0 aromatic heterocycles. The monoisotopic (exact) mass is 166 g/mol. The van der Waals surface area contributed by atoms with Crippen molar-refractivity contribution in [3.63, 3.8) is 0 Å². The van der Waals surface area contributed by atoms with Crippen LogP contribution >= 0.6 is 0 Å². The minimum atomic E-state index is 0.284. The van der Waals surface area contributed by atoms with Crippen molar-refractivity contribution < 1.29 is 4.79 Å². The highest BCUT2D eigenvalue weighted by atomic mass is 16.1. The molecule has 1 nitrogen and oxygen atoms in total. The van der Waals surface area contributed by atoms with Gasteiger partial charge in [-0.2, -0.15) is 0 Å². The molecule has 0 N–H and O–H groups in total. The number of hydrogen-bond acceptors (Lipinski definition) is 1. The number of hydrogen-bond donors (Lipinski definition) is 0. The topological polar surface area (TPSA) is 17.1 Å². The van der Waals surface area contributed by atoms with Crippen LogP contribution in [0.25, 0.3) is 0 Å². The summed E-state index contributed by atoms with van der Waals surface area (Å²) in [6, 6.07) is 0. The Bertz CT molecular complexity index is 209. The Hall–Kier alpha value is -0.590. The average molecular weight is 166 g/mol. The molecular weight excluding hydrogens is 148 g/mol. The lowest BCUT2D eigenvalue weighted by atomic mass is 9.77. The van der Waals surface area contributed by atoms with E-state index in [1.165, 1.54) is 5.57 Å². The normalized spacial score (nSPS) is 18.2. The van der Waals surface area contributed by atoms with E-state index in [9.17, 15) is 4.79 Å². The predicted octanol–water partition coefficient (Wildman–Crippen LogP) is 3.10. The van der Waals surface area contributed by atoms with Crippen LogP contribution in [0, 0.1) is 5.41 Å². The Morgan fingerprint density at radius 3 is 2.33 bits per heavy atom. The second-order valence-electron chi connectivity index (χ2n) is 3.92. The molecule has 0 aliphatic heterocycles. The molecule has 0 radical (unpaired) electrons. The van der Waals surface area contributed by atoms with E-state index in [-0.39, 0.29) is 5.41 Å². The zero-order chi connectivity index (χ0) is 9.19. The van der Waals surface area contributed by atoms with E-state index in [0.29, 0.717) is 18.6 Å².